The average molecular weight is 456 g/mol. The molecule has 1 aliphatic heterocycles. The third-order valence-corrected chi connectivity index (χ3v) is 5.55. The molecular weight excluding hydrogens is 426 g/mol. The quantitative estimate of drug-likeness (QED) is 0.334. The standard InChI is InChI=1S/C25H29NO7/c1-5-7-12-26-22(15-8-10-18(27)20(13-15)33-6-2)21(24(29)25(26)30)23(28)17-14-16(31-3)9-11-19(17)32-4/h8-11,13-14,22,27-28H,5-7,12H2,1-4H3/b23-21+. The maximum absolute atomic E-state index is 13.1. The maximum atomic E-state index is 13.1. The van der Waals surface area contributed by atoms with E-state index >= 15 is 0 Å². The lowest BCUT2D eigenvalue weighted by Gasteiger charge is -2.26. The molecule has 1 fully saturated rings. The van der Waals surface area contributed by atoms with Crippen LogP contribution in [-0.2, 0) is 9.59 Å². The first-order valence-electron chi connectivity index (χ1n) is 10.8. The van der Waals surface area contributed by atoms with Gasteiger partial charge >= 0.3 is 0 Å². The number of rotatable bonds is 9. The number of unbranched alkanes of at least 4 members (excludes halogenated alkanes) is 1. The summed E-state index contributed by atoms with van der Waals surface area (Å²) in [5, 5.41) is 21.4. The first-order chi connectivity index (χ1) is 15.9. The summed E-state index contributed by atoms with van der Waals surface area (Å²) >= 11 is 0. The number of ether oxygens (including phenoxy) is 3. The van der Waals surface area contributed by atoms with E-state index in [4.69, 9.17) is 14.2 Å². The van der Waals surface area contributed by atoms with E-state index in [-0.39, 0.29) is 28.4 Å². The van der Waals surface area contributed by atoms with Gasteiger partial charge in [-0.1, -0.05) is 19.4 Å². The van der Waals surface area contributed by atoms with Crippen molar-refractivity contribution in [3.05, 3.63) is 53.1 Å². The fraction of sp³-hybridized carbons (Fsp3) is 0.360. The summed E-state index contributed by atoms with van der Waals surface area (Å²) in [6.45, 7) is 4.44. The normalized spacial score (nSPS) is 17.3. The molecule has 0 saturated carbocycles. The number of carbonyl (C=O) groups is 2. The minimum atomic E-state index is -0.854. The zero-order valence-corrected chi connectivity index (χ0v) is 19.3. The van der Waals surface area contributed by atoms with Crippen molar-refractivity contribution < 1.29 is 34.0 Å². The van der Waals surface area contributed by atoms with E-state index in [9.17, 15) is 19.8 Å². The lowest BCUT2D eigenvalue weighted by atomic mass is 9.94. The molecule has 1 heterocycles. The number of methoxy groups -OCH3 is 2. The Morgan fingerprint density at radius 3 is 2.42 bits per heavy atom. The van der Waals surface area contributed by atoms with Crippen molar-refractivity contribution in [3.63, 3.8) is 0 Å². The highest BCUT2D eigenvalue weighted by Gasteiger charge is 2.46. The third-order valence-electron chi connectivity index (χ3n) is 5.55. The molecule has 3 rings (SSSR count). The summed E-state index contributed by atoms with van der Waals surface area (Å²) in [4.78, 5) is 27.6. The van der Waals surface area contributed by atoms with Crippen molar-refractivity contribution in [1.82, 2.24) is 4.90 Å². The van der Waals surface area contributed by atoms with Crippen LogP contribution in [0.2, 0.25) is 0 Å². The SMILES string of the molecule is CCCCN1C(=O)C(=O)/C(=C(/O)c2cc(OC)ccc2OC)C1c1ccc(O)c(OCC)c1. The largest absolute Gasteiger partial charge is 0.507 e. The number of phenolic OH excluding ortho intramolecular Hbond substituents is 1. The molecule has 1 amide bonds. The number of Topliss-reactive ketones (excluding diaryl/α,β-unsaturated/α-hetero) is 1. The fourth-order valence-electron chi connectivity index (χ4n) is 3.90. The highest BCUT2D eigenvalue weighted by atomic mass is 16.5. The Kier molecular flexibility index (Phi) is 7.48. The Balaban J connectivity index is 2.25. The average Bonchev–Trinajstić information content (AvgIpc) is 3.08. The summed E-state index contributed by atoms with van der Waals surface area (Å²) in [7, 11) is 2.94. The van der Waals surface area contributed by atoms with Gasteiger partial charge in [0.25, 0.3) is 11.7 Å². The Bertz CT molecular complexity index is 1080. The Morgan fingerprint density at radius 1 is 1.03 bits per heavy atom. The van der Waals surface area contributed by atoms with E-state index in [0.29, 0.717) is 36.6 Å². The fourth-order valence-corrected chi connectivity index (χ4v) is 3.90. The van der Waals surface area contributed by atoms with E-state index in [1.807, 2.05) is 6.92 Å². The van der Waals surface area contributed by atoms with Gasteiger partial charge in [-0.05, 0) is 49.2 Å². The number of amides is 1. The topological polar surface area (TPSA) is 106 Å². The van der Waals surface area contributed by atoms with E-state index < -0.39 is 17.7 Å². The number of aliphatic hydroxyl groups is 1. The van der Waals surface area contributed by atoms with E-state index in [0.717, 1.165) is 6.42 Å². The molecule has 0 aromatic heterocycles. The van der Waals surface area contributed by atoms with Gasteiger partial charge < -0.3 is 29.3 Å². The first-order valence-corrected chi connectivity index (χ1v) is 10.8. The number of hydrogen-bond donors (Lipinski definition) is 2. The van der Waals surface area contributed by atoms with Crippen molar-refractivity contribution >= 4 is 17.4 Å². The van der Waals surface area contributed by atoms with Crippen LogP contribution >= 0.6 is 0 Å². The van der Waals surface area contributed by atoms with Crippen LogP contribution in [0.4, 0.5) is 0 Å². The molecule has 0 aliphatic carbocycles. The molecule has 1 aliphatic rings. The molecule has 2 aromatic rings. The number of phenols is 1. The number of nitrogens with zero attached hydrogens (tertiary/aromatic N) is 1. The molecule has 0 spiro atoms. The smallest absolute Gasteiger partial charge is 0.295 e. The lowest BCUT2D eigenvalue weighted by Crippen LogP contribution is -2.30. The van der Waals surface area contributed by atoms with Crippen LogP contribution in [-0.4, -0.2) is 54.2 Å². The van der Waals surface area contributed by atoms with Gasteiger partial charge in [-0.25, -0.2) is 0 Å². The van der Waals surface area contributed by atoms with Crippen LogP contribution in [0.5, 0.6) is 23.0 Å². The molecule has 1 unspecified atom stereocenters. The molecule has 1 saturated heterocycles. The molecule has 8 nitrogen and oxygen atoms in total. The predicted octanol–water partition coefficient (Wildman–Crippen LogP) is 4.03. The van der Waals surface area contributed by atoms with Gasteiger partial charge in [0.15, 0.2) is 11.5 Å². The second kappa shape index (κ2) is 10.3. The Labute approximate surface area is 193 Å². The molecule has 1 atom stereocenters. The van der Waals surface area contributed by atoms with Crippen LogP contribution in [0.3, 0.4) is 0 Å². The highest BCUT2D eigenvalue weighted by Crippen LogP contribution is 2.43. The molecule has 176 valence electrons. The van der Waals surface area contributed by atoms with Crippen LogP contribution in [0.1, 0.15) is 43.9 Å². The monoisotopic (exact) mass is 455 g/mol. The van der Waals surface area contributed by atoms with Gasteiger partial charge in [-0.15, -0.1) is 0 Å². The summed E-state index contributed by atoms with van der Waals surface area (Å²) < 4.78 is 16.1. The molecule has 2 N–H and O–H groups in total. The summed E-state index contributed by atoms with van der Waals surface area (Å²) in [6, 6.07) is 8.63. The van der Waals surface area contributed by atoms with Crippen LogP contribution < -0.4 is 14.2 Å². The predicted molar refractivity (Wildman–Crippen MR) is 123 cm³/mol. The lowest BCUT2D eigenvalue weighted by molar-refractivity contribution is -0.139. The van der Waals surface area contributed by atoms with Crippen molar-refractivity contribution in [1.29, 1.82) is 0 Å². The van der Waals surface area contributed by atoms with Gasteiger partial charge in [0, 0.05) is 6.54 Å². The van der Waals surface area contributed by atoms with E-state index in [1.54, 1.807) is 37.3 Å². The minimum Gasteiger partial charge on any atom is -0.507 e. The molecule has 33 heavy (non-hydrogen) atoms. The highest BCUT2D eigenvalue weighted by molar-refractivity contribution is 6.46. The zero-order chi connectivity index (χ0) is 24.1. The third kappa shape index (κ3) is 4.60. The summed E-state index contributed by atoms with van der Waals surface area (Å²) in [5.41, 5.74) is 0.713. The van der Waals surface area contributed by atoms with Gasteiger partial charge in [-0.2, -0.15) is 0 Å². The number of aliphatic hydroxyl groups excluding tert-OH is 1. The van der Waals surface area contributed by atoms with Crippen LogP contribution in [0.25, 0.3) is 5.76 Å². The van der Waals surface area contributed by atoms with Crippen LogP contribution in [0.15, 0.2) is 42.0 Å². The van der Waals surface area contributed by atoms with Gasteiger partial charge in [0.1, 0.15) is 17.3 Å². The number of carbonyl (C=O) groups excluding carboxylic acids is 2. The van der Waals surface area contributed by atoms with Crippen molar-refractivity contribution in [2.24, 2.45) is 0 Å². The number of benzene rings is 2. The number of aromatic hydroxyl groups is 1. The number of likely N-dealkylation sites (tertiary alicyclic amines) is 1. The molecule has 2 aromatic carbocycles. The van der Waals surface area contributed by atoms with E-state index in [2.05, 4.69) is 0 Å². The van der Waals surface area contributed by atoms with Crippen molar-refractivity contribution in [2.45, 2.75) is 32.7 Å². The molecule has 0 bridgehead atoms. The first kappa shape index (κ1) is 24.0. The molecule has 0 radical (unpaired) electrons. The molecule has 8 heteroatoms. The maximum Gasteiger partial charge on any atom is 0.295 e. The summed E-state index contributed by atoms with van der Waals surface area (Å²) in [6.07, 6.45) is 1.50. The van der Waals surface area contributed by atoms with Crippen LogP contribution in [0, 0.1) is 0 Å². The Hall–Kier alpha value is -3.68. The van der Waals surface area contributed by atoms with Gasteiger partial charge in [0.05, 0.1) is 38.0 Å². The van der Waals surface area contributed by atoms with Gasteiger partial charge in [-0.3, -0.25) is 9.59 Å². The van der Waals surface area contributed by atoms with Crippen molar-refractivity contribution in [2.75, 3.05) is 27.4 Å². The second-order valence-corrected chi connectivity index (χ2v) is 7.57. The Morgan fingerprint density at radius 2 is 1.79 bits per heavy atom. The zero-order valence-electron chi connectivity index (χ0n) is 19.3. The molecular formula is C25H29NO7. The number of hydrogen-bond acceptors (Lipinski definition) is 7. The van der Waals surface area contributed by atoms with Gasteiger partial charge in [0.2, 0.25) is 0 Å². The second-order valence-electron chi connectivity index (χ2n) is 7.57. The number of ketones is 1. The minimum absolute atomic E-state index is 0.0550. The summed E-state index contributed by atoms with van der Waals surface area (Å²) in [5.74, 6) is -0.882. The van der Waals surface area contributed by atoms with Crippen molar-refractivity contribution in [3.8, 4) is 23.0 Å². The van der Waals surface area contributed by atoms with E-state index in [1.165, 1.54) is 25.2 Å².